The Morgan fingerprint density at radius 1 is 1.23 bits per heavy atom. The molecule has 1 aliphatic heterocycles. The molecule has 1 saturated heterocycles. The average Bonchev–Trinajstić information content (AvgIpc) is 3.26. The molecule has 0 radical (unpaired) electrons. The van der Waals surface area contributed by atoms with Crippen molar-refractivity contribution in [2.45, 2.75) is 31.9 Å². The molecule has 1 N–H and O–H groups in total. The van der Waals surface area contributed by atoms with E-state index in [0.717, 1.165) is 5.56 Å². The summed E-state index contributed by atoms with van der Waals surface area (Å²) in [6.07, 6.45) is 2.59. The van der Waals surface area contributed by atoms with Crippen LogP contribution >= 0.6 is 23.2 Å². The minimum absolute atomic E-state index is 0.120. The largest absolute Gasteiger partial charge is 0.482 e. The van der Waals surface area contributed by atoms with Crippen LogP contribution in [0.5, 0.6) is 5.75 Å². The number of amides is 1. The highest BCUT2D eigenvalue weighted by molar-refractivity contribution is 6.31. The molecule has 2 aromatic heterocycles. The van der Waals surface area contributed by atoms with Crippen molar-refractivity contribution in [3.8, 4) is 17.2 Å². The first-order valence-electron chi connectivity index (χ1n) is 9.73. The number of aromatic nitrogens is 3. The maximum Gasteiger partial charge on any atom is 0.258 e. The number of hydrogen-bond donors (Lipinski definition) is 1. The van der Waals surface area contributed by atoms with Gasteiger partial charge < -0.3 is 19.2 Å². The summed E-state index contributed by atoms with van der Waals surface area (Å²) in [5.74, 6) is 1.03. The third-order valence-electron chi connectivity index (χ3n) is 4.82. The van der Waals surface area contributed by atoms with Crippen molar-refractivity contribution < 1.29 is 18.7 Å². The molecule has 8 nitrogen and oxygen atoms in total. The fourth-order valence-corrected chi connectivity index (χ4v) is 3.40. The predicted octanol–water partition coefficient (Wildman–Crippen LogP) is 4.16. The topological polar surface area (TPSA) is 99.4 Å². The second-order valence-electron chi connectivity index (χ2n) is 7.14. The zero-order chi connectivity index (χ0) is 21.8. The average molecular weight is 463 g/mol. The van der Waals surface area contributed by atoms with Crippen LogP contribution in [0.3, 0.4) is 0 Å². The van der Waals surface area contributed by atoms with Crippen LogP contribution in [0.2, 0.25) is 10.0 Å². The smallest absolute Gasteiger partial charge is 0.258 e. The number of nitrogens with one attached hydrogen (secondary N) is 1. The Kier molecular flexibility index (Phi) is 6.70. The monoisotopic (exact) mass is 462 g/mol. The van der Waals surface area contributed by atoms with Crippen LogP contribution in [0.1, 0.15) is 30.5 Å². The van der Waals surface area contributed by atoms with E-state index in [1.165, 1.54) is 6.20 Å². The number of aryl methyl sites for hydroxylation is 1. The van der Waals surface area contributed by atoms with Crippen LogP contribution in [0.15, 0.2) is 40.9 Å². The minimum atomic E-state index is -0.307. The zero-order valence-electron chi connectivity index (χ0n) is 16.7. The maximum absolute atomic E-state index is 12.2. The van der Waals surface area contributed by atoms with Crippen molar-refractivity contribution in [3.63, 3.8) is 0 Å². The summed E-state index contributed by atoms with van der Waals surface area (Å²) in [6, 6.07) is 8.67. The van der Waals surface area contributed by atoms with E-state index in [1.54, 1.807) is 25.1 Å². The number of nitrogens with zero attached hydrogens (tertiary/aromatic N) is 3. The molecular formula is C21H20Cl2N4O4. The van der Waals surface area contributed by atoms with Gasteiger partial charge >= 0.3 is 0 Å². The summed E-state index contributed by atoms with van der Waals surface area (Å²) < 4.78 is 17.0. The van der Waals surface area contributed by atoms with Gasteiger partial charge in [0.05, 0.1) is 29.6 Å². The van der Waals surface area contributed by atoms with Crippen LogP contribution in [0.4, 0.5) is 0 Å². The Morgan fingerprint density at radius 2 is 2.03 bits per heavy atom. The lowest BCUT2D eigenvalue weighted by atomic mass is 10.0. The Morgan fingerprint density at radius 3 is 2.74 bits per heavy atom. The van der Waals surface area contributed by atoms with Gasteiger partial charge in [-0.3, -0.25) is 9.78 Å². The van der Waals surface area contributed by atoms with Gasteiger partial charge in [0.15, 0.2) is 6.61 Å². The van der Waals surface area contributed by atoms with Gasteiger partial charge in [-0.2, -0.15) is 0 Å². The molecule has 0 bridgehead atoms. The van der Waals surface area contributed by atoms with Crippen molar-refractivity contribution in [2.75, 3.05) is 13.2 Å². The Balaban J connectivity index is 1.24. The Labute approximate surface area is 188 Å². The molecule has 31 heavy (non-hydrogen) atoms. The van der Waals surface area contributed by atoms with Crippen LogP contribution in [-0.4, -0.2) is 40.3 Å². The Hall–Kier alpha value is -2.68. The molecular weight excluding hydrogens is 443 g/mol. The fourth-order valence-electron chi connectivity index (χ4n) is 3.12. The van der Waals surface area contributed by atoms with Crippen molar-refractivity contribution >= 4 is 29.1 Å². The third-order valence-corrected chi connectivity index (χ3v) is 5.45. The summed E-state index contributed by atoms with van der Waals surface area (Å²) in [6.45, 7) is 2.00. The predicted molar refractivity (Wildman–Crippen MR) is 114 cm³/mol. The van der Waals surface area contributed by atoms with Crippen LogP contribution in [0, 0.1) is 6.92 Å². The molecule has 3 heterocycles. The summed E-state index contributed by atoms with van der Waals surface area (Å²) in [7, 11) is 0. The number of halogens is 2. The first kappa shape index (κ1) is 21.5. The highest BCUT2D eigenvalue weighted by Gasteiger charge is 2.28. The van der Waals surface area contributed by atoms with Crippen molar-refractivity contribution in [3.05, 3.63) is 58.2 Å². The SMILES string of the molecule is Cc1ncc(OCC(=O)N[C@@H]2CC[C@@H](c3nnc(-c4ccc(Cl)cc4)o3)OC2)cc1Cl. The minimum Gasteiger partial charge on any atom is -0.482 e. The molecule has 0 unspecified atom stereocenters. The van der Waals surface area contributed by atoms with Gasteiger partial charge in [-0.15, -0.1) is 10.2 Å². The van der Waals surface area contributed by atoms with E-state index in [1.807, 2.05) is 12.1 Å². The van der Waals surface area contributed by atoms with E-state index < -0.39 is 0 Å². The number of carbonyl (C=O) groups excluding carboxylic acids is 1. The van der Waals surface area contributed by atoms with Gasteiger partial charge in [0.2, 0.25) is 11.8 Å². The highest BCUT2D eigenvalue weighted by Crippen LogP contribution is 2.29. The molecule has 0 aliphatic carbocycles. The zero-order valence-corrected chi connectivity index (χ0v) is 18.2. The molecule has 1 aliphatic rings. The maximum atomic E-state index is 12.2. The second-order valence-corrected chi connectivity index (χ2v) is 7.99. The van der Waals surface area contributed by atoms with Gasteiger partial charge in [-0.1, -0.05) is 23.2 Å². The summed E-state index contributed by atoms with van der Waals surface area (Å²) >= 11 is 11.9. The van der Waals surface area contributed by atoms with Crippen molar-refractivity contribution in [1.29, 1.82) is 0 Å². The van der Waals surface area contributed by atoms with Gasteiger partial charge in [0, 0.05) is 16.7 Å². The molecule has 3 aromatic rings. The highest BCUT2D eigenvalue weighted by atomic mass is 35.5. The molecule has 162 valence electrons. The molecule has 2 atom stereocenters. The lowest BCUT2D eigenvalue weighted by Gasteiger charge is -2.27. The van der Waals surface area contributed by atoms with E-state index in [-0.39, 0.29) is 24.7 Å². The Bertz CT molecular complexity index is 1050. The van der Waals surface area contributed by atoms with Crippen molar-refractivity contribution in [1.82, 2.24) is 20.5 Å². The normalized spacial score (nSPS) is 18.5. The molecule has 1 aromatic carbocycles. The third kappa shape index (κ3) is 5.52. The number of rotatable bonds is 6. The number of carbonyl (C=O) groups is 1. The van der Waals surface area contributed by atoms with E-state index in [0.29, 0.717) is 52.7 Å². The first-order chi connectivity index (χ1) is 15.0. The quantitative estimate of drug-likeness (QED) is 0.586. The van der Waals surface area contributed by atoms with Gasteiger partial charge in [-0.05, 0) is 44.0 Å². The standard InChI is InChI=1S/C21H20Cl2N4O4/c1-12-17(23)8-16(9-24-12)29-11-19(28)25-15-6-7-18(30-10-15)21-27-26-20(31-21)13-2-4-14(22)5-3-13/h2-5,8-9,15,18H,6-7,10-11H2,1H3,(H,25,28)/t15-,18+/m1/s1. The van der Waals surface area contributed by atoms with Crippen LogP contribution < -0.4 is 10.1 Å². The lowest BCUT2D eigenvalue weighted by Crippen LogP contribution is -2.43. The molecule has 4 rings (SSSR count). The number of pyridine rings is 1. The van der Waals surface area contributed by atoms with E-state index in [2.05, 4.69) is 20.5 Å². The van der Waals surface area contributed by atoms with Crippen LogP contribution in [0.25, 0.3) is 11.5 Å². The van der Waals surface area contributed by atoms with Crippen LogP contribution in [-0.2, 0) is 9.53 Å². The molecule has 0 spiro atoms. The van der Waals surface area contributed by atoms with Crippen molar-refractivity contribution in [2.24, 2.45) is 0 Å². The summed E-state index contributed by atoms with van der Waals surface area (Å²) in [5, 5.41) is 12.2. The van der Waals surface area contributed by atoms with E-state index in [9.17, 15) is 4.79 Å². The van der Waals surface area contributed by atoms with E-state index >= 15 is 0 Å². The molecule has 0 saturated carbocycles. The second kappa shape index (κ2) is 9.64. The van der Waals surface area contributed by atoms with Gasteiger partial charge in [0.1, 0.15) is 11.9 Å². The molecule has 10 heteroatoms. The first-order valence-corrected chi connectivity index (χ1v) is 10.5. The number of hydrogen-bond acceptors (Lipinski definition) is 7. The fraction of sp³-hybridized carbons (Fsp3) is 0.333. The number of ether oxygens (including phenoxy) is 2. The molecule has 1 fully saturated rings. The van der Waals surface area contributed by atoms with E-state index in [4.69, 9.17) is 37.1 Å². The summed E-state index contributed by atoms with van der Waals surface area (Å²) in [5.41, 5.74) is 1.49. The van der Waals surface area contributed by atoms with Gasteiger partial charge in [0.25, 0.3) is 5.91 Å². The van der Waals surface area contributed by atoms with Gasteiger partial charge in [-0.25, -0.2) is 0 Å². The molecule has 1 amide bonds. The summed E-state index contributed by atoms with van der Waals surface area (Å²) in [4.78, 5) is 16.3. The lowest BCUT2D eigenvalue weighted by molar-refractivity contribution is -0.125. The number of benzene rings is 1.